The summed E-state index contributed by atoms with van der Waals surface area (Å²) in [6, 6.07) is 8.20. The molecule has 2 aromatic heterocycles. The van der Waals surface area contributed by atoms with Gasteiger partial charge in [0.1, 0.15) is 16.2 Å². The smallest absolute Gasteiger partial charge is 0.233 e. The molecule has 0 spiro atoms. The lowest BCUT2D eigenvalue weighted by Gasteiger charge is -2.26. The Kier molecular flexibility index (Phi) is 5.54. The average molecular weight is 450 g/mol. The zero-order chi connectivity index (χ0) is 17.9. The van der Waals surface area contributed by atoms with E-state index >= 15 is 0 Å². The van der Waals surface area contributed by atoms with E-state index in [-0.39, 0.29) is 5.91 Å². The van der Waals surface area contributed by atoms with E-state index in [1.54, 1.807) is 17.7 Å². The Morgan fingerprint density at radius 2 is 2.00 bits per heavy atom. The highest BCUT2D eigenvalue weighted by molar-refractivity contribution is 9.10. The lowest BCUT2D eigenvalue weighted by molar-refractivity contribution is -0.132. The molecule has 0 bridgehead atoms. The van der Waals surface area contributed by atoms with Gasteiger partial charge in [0, 0.05) is 28.5 Å². The Bertz CT molecular complexity index is 924. The standard InChI is InChI=1S/C18H16BrN3O2S2/c19-13-3-1-12(2-4-13)14-9-25-17-16(14)18(21-11-20-17)26-10-15(23)22-5-7-24-8-6-22/h1-4,9,11H,5-8,10H2. The van der Waals surface area contributed by atoms with Gasteiger partial charge < -0.3 is 9.64 Å². The van der Waals surface area contributed by atoms with Crippen LogP contribution in [0.1, 0.15) is 0 Å². The third-order valence-corrected chi connectivity index (χ3v) is 6.58. The van der Waals surface area contributed by atoms with E-state index in [0.29, 0.717) is 32.1 Å². The molecule has 0 radical (unpaired) electrons. The summed E-state index contributed by atoms with van der Waals surface area (Å²) < 4.78 is 6.35. The molecule has 5 nitrogen and oxygen atoms in total. The number of hydrogen-bond donors (Lipinski definition) is 0. The van der Waals surface area contributed by atoms with Gasteiger partial charge in [0.05, 0.1) is 24.4 Å². The van der Waals surface area contributed by atoms with Crippen LogP contribution < -0.4 is 0 Å². The van der Waals surface area contributed by atoms with Gasteiger partial charge in [0.2, 0.25) is 5.91 Å². The molecule has 134 valence electrons. The normalized spacial score (nSPS) is 14.7. The number of benzene rings is 1. The highest BCUT2D eigenvalue weighted by Gasteiger charge is 2.19. The molecule has 8 heteroatoms. The third-order valence-electron chi connectivity index (χ3n) is 4.19. The first-order chi connectivity index (χ1) is 12.7. The van der Waals surface area contributed by atoms with E-state index in [1.165, 1.54) is 11.8 Å². The number of hydrogen-bond acceptors (Lipinski definition) is 6. The molecule has 1 aliphatic heterocycles. The first kappa shape index (κ1) is 17.9. The second kappa shape index (κ2) is 8.04. The van der Waals surface area contributed by atoms with Crippen LogP contribution >= 0.6 is 39.0 Å². The molecular weight excluding hydrogens is 434 g/mol. The quantitative estimate of drug-likeness (QED) is 0.443. The maximum Gasteiger partial charge on any atom is 0.233 e. The molecule has 0 N–H and O–H groups in total. The summed E-state index contributed by atoms with van der Waals surface area (Å²) in [5.41, 5.74) is 2.23. The van der Waals surface area contributed by atoms with Crippen LogP contribution in [0.3, 0.4) is 0 Å². The van der Waals surface area contributed by atoms with Crippen molar-refractivity contribution in [2.75, 3.05) is 32.1 Å². The van der Waals surface area contributed by atoms with Crippen LogP contribution in [-0.4, -0.2) is 52.8 Å². The number of rotatable bonds is 4. The van der Waals surface area contributed by atoms with Crippen molar-refractivity contribution in [1.29, 1.82) is 0 Å². The average Bonchev–Trinajstić information content (AvgIpc) is 3.12. The molecular formula is C18H16BrN3O2S2. The largest absolute Gasteiger partial charge is 0.378 e. The molecule has 1 fully saturated rings. The molecule has 3 heterocycles. The summed E-state index contributed by atoms with van der Waals surface area (Å²) >= 11 is 6.56. The topological polar surface area (TPSA) is 55.3 Å². The van der Waals surface area contributed by atoms with Crippen molar-refractivity contribution in [3.05, 3.63) is 40.4 Å². The van der Waals surface area contributed by atoms with Gasteiger partial charge in [0.25, 0.3) is 0 Å². The molecule has 1 saturated heterocycles. The molecule has 1 amide bonds. The van der Waals surface area contributed by atoms with Crippen molar-refractivity contribution in [2.24, 2.45) is 0 Å². The molecule has 0 aliphatic carbocycles. The summed E-state index contributed by atoms with van der Waals surface area (Å²) in [6.07, 6.45) is 1.58. The van der Waals surface area contributed by atoms with Crippen molar-refractivity contribution in [1.82, 2.24) is 14.9 Å². The number of amides is 1. The van der Waals surface area contributed by atoms with Gasteiger partial charge >= 0.3 is 0 Å². The van der Waals surface area contributed by atoms with Gasteiger partial charge in [-0.05, 0) is 17.7 Å². The van der Waals surface area contributed by atoms with E-state index in [2.05, 4.69) is 43.4 Å². The highest BCUT2D eigenvalue weighted by atomic mass is 79.9. The summed E-state index contributed by atoms with van der Waals surface area (Å²) in [6.45, 7) is 2.57. The maximum absolute atomic E-state index is 12.4. The van der Waals surface area contributed by atoms with Gasteiger partial charge in [-0.2, -0.15) is 0 Å². The van der Waals surface area contributed by atoms with Crippen molar-refractivity contribution in [3.63, 3.8) is 0 Å². The van der Waals surface area contributed by atoms with Gasteiger partial charge in [-0.15, -0.1) is 11.3 Å². The third kappa shape index (κ3) is 3.78. The molecule has 0 atom stereocenters. The second-order valence-electron chi connectivity index (χ2n) is 5.80. The fourth-order valence-corrected chi connectivity index (χ4v) is 4.99. The monoisotopic (exact) mass is 449 g/mol. The van der Waals surface area contributed by atoms with Gasteiger partial charge in [-0.1, -0.05) is 39.8 Å². The minimum atomic E-state index is 0.130. The second-order valence-corrected chi connectivity index (χ2v) is 8.53. The number of aromatic nitrogens is 2. The number of nitrogens with zero attached hydrogens (tertiary/aromatic N) is 3. The molecule has 0 unspecified atom stereocenters. The number of thiophene rings is 1. The molecule has 26 heavy (non-hydrogen) atoms. The molecule has 4 rings (SSSR count). The van der Waals surface area contributed by atoms with Crippen molar-refractivity contribution >= 4 is 55.2 Å². The Morgan fingerprint density at radius 3 is 2.77 bits per heavy atom. The Hall–Kier alpha value is -1.48. The van der Waals surface area contributed by atoms with Crippen LogP contribution in [0, 0.1) is 0 Å². The minimum absolute atomic E-state index is 0.130. The summed E-state index contributed by atoms with van der Waals surface area (Å²) in [7, 11) is 0. The first-order valence-electron chi connectivity index (χ1n) is 8.19. The lowest BCUT2D eigenvalue weighted by atomic mass is 10.1. The summed E-state index contributed by atoms with van der Waals surface area (Å²) in [5, 5.41) is 3.99. The number of thioether (sulfide) groups is 1. The summed E-state index contributed by atoms with van der Waals surface area (Å²) in [4.78, 5) is 24.1. The number of morpholine rings is 1. The fourth-order valence-electron chi connectivity index (χ4n) is 2.83. The van der Waals surface area contributed by atoms with Gasteiger partial charge in [-0.25, -0.2) is 9.97 Å². The number of halogens is 1. The van der Waals surface area contributed by atoms with Crippen molar-refractivity contribution < 1.29 is 9.53 Å². The van der Waals surface area contributed by atoms with Crippen LogP contribution in [0.15, 0.2) is 45.5 Å². The van der Waals surface area contributed by atoms with Crippen molar-refractivity contribution in [3.8, 4) is 11.1 Å². The lowest BCUT2D eigenvalue weighted by Crippen LogP contribution is -2.41. The first-order valence-corrected chi connectivity index (χ1v) is 10.8. The highest BCUT2D eigenvalue weighted by Crippen LogP contribution is 2.38. The van der Waals surface area contributed by atoms with Crippen LogP contribution in [0.4, 0.5) is 0 Å². The molecule has 1 aromatic carbocycles. The minimum Gasteiger partial charge on any atom is -0.378 e. The van der Waals surface area contributed by atoms with Gasteiger partial charge in [0.15, 0.2) is 0 Å². The van der Waals surface area contributed by atoms with E-state index < -0.39 is 0 Å². The van der Waals surface area contributed by atoms with Crippen LogP contribution in [0.5, 0.6) is 0 Å². The molecule has 1 aliphatic rings. The Balaban J connectivity index is 1.59. The Morgan fingerprint density at radius 1 is 1.23 bits per heavy atom. The van der Waals surface area contributed by atoms with Crippen molar-refractivity contribution in [2.45, 2.75) is 5.03 Å². The number of ether oxygens (including phenoxy) is 1. The van der Waals surface area contributed by atoms with Crippen LogP contribution in [-0.2, 0) is 9.53 Å². The summed E-state index contributed by atoms with van der Waals surface area (Å²) in [5.74, 6) is 0.507. The predicted molar refractivity (Wildman–Crippen MR) is 109 cm³/mol. The van der Waals surface area contributed by atoms with Gasteiger partial charge in [-0.3, -0.25) is 4.79 Å². The molecule has 0 saturated carbocycles. The SMILES string of the molecule is O=C(CSc1ncnc2scc(-c3ccc(Br)cc3)c12)N1CCOCC1. The zero-order valence-corrected chi connectivity index (χ0v) is 17.1. The van der Waals surface area contributed by atoms with E-state index in [9.17, 15) is 4.79 Å². The maximum atomic E-state index is 12.4. The van der Waals surface area contributed by atoms with E-state index in [0.717, 1.165) is 30.8 Å². The van der Waals surface area contributed by atoms with E-state index in [4.69, 9.17) is 4.74 Å². The number of carbonyl (C=O) groups is 1. The van der Waals surface area contributed by atoms with E-state index in [1.807, 2.05) is 17.0 Å². The van der Waals surface area contributed by atoms with Crippen LogP contribution in [0.25, 0.3) is 21.3 Å². The zero-order valence-electron chi connectivity index (χ0n) is 13.9. The number of fused-ring (bicyclic) bond motifs is 1. The number of carbonyl (C=O) groups excluding carboxylic acids is 1. The van der Waals surface area contributed by atoms with Crippen LogP contribution in [0.2, 0.25) is 0 Å². The Labute approximate surface area is 167 Å². The molecule has 3 aromatic rings. The fraction of sp³-hybridized carbons (Fsp3) is 0.278. The predicted octanol–water partition coefficient (Wildman–Crippen LogP) is 4.07.